The number of hydrogen-bond donors (Lipinski definition) is 1. The second kappa shape index (κ2) is 6.45. The predicted octanol–water partition coefficient (Wildman–Crippen LogP) is 0.252. The summed E-state index contributed by atoms with van der Waals surface area (Å²) in [4.78, 5) is 2.44. The van der Waals surface area contributed by atoms with Crippen molar-refractivity contribution >= 4 is 0 Å². The predicted molar refractivity (Wildman–Crippen MR) is 71.8 cm³/mol. The normalized spacial score (nSPS) is 21.5. The Hall–Kier alpha value is -0.980. The van der Waals surface area contributed by atoms with E-state index in [9.17, 15) is 0 Å². The Kier molecular flexibility index (Phi) is 4.42. The standard InChI is InChI=1S/C13H23N5O/c1-4-17(7-9-19-8-1)5-6-18-11-13(15-16-18)10-14-12-2-3-12/h11-12,14H,1-10H2. The smallest absolute Gasteiger partial charge is 0.0964 e. The lowest BCUT2D eigenvalue weighted by atomic mass is 10.4. The Morgan fingerprint density at radius 1 is 1.26 bits per heavy atom. The van der Waals surface area contributed by atoms with Gasteiger partial charge >= 0.3 is 0 Å². The molecule has 19 heavy (non-hydrogen) atoms. The molecule has 0 spiro atoms. The van der Waals surface area contributed by atoms with E-state index in [0.717, 1.165) is 64.1 Å². The molecule has 1 aromatic heterocycles. The highest BCUT2D eigenvalue weighted by Gasteiger charge is 2.20. The quantitative estimate of drug-likeness (QED) is 0.799. The fraction of sp³-hybridized carbons (Fsp3) is 0.846. The largest absolute Gasteiger partial charge is 0.380 e. The molecule has 1 N–H and O–H groups in total. The number of rotatable bonds is 6. The lowest BCUT2D eigenvalue weighted by Crippen LogP contribution is -2.30. The summed E-state index contributed by atoms with van der Waals surface area (Å²) in [5, 5.41) is 11.9. The summed E-state index contributed by atoms with van der Waals surface area (Å²) in [5.41, 5.74) is 1.05. The van der Waals surface area contributed by atoms with Gasteiger partial charge in [0, 0.05) is 45.0 Å². The van der Waals surface area contributed by atoms with E-state index < -0.39 is 0 Å². The lowest BCUT2D eigenvalue weighted by molar-refractivity contribution is 0.140. The molecule has 0 unspecified atom stereocenters. The maximum atomic E-state index is 5.46. The van der Waals surface area contributed by atoms with E-state index in [-0.39, 0.29) is 0 Å². The number of ether oxygens (including phenoxy) is 1. The van der Waals surface area contributed by atoms with E-state index in [1.807, 2.05) is 4.68 Å². The summed E-state index contributed by atoms with van der Waals surface area (Å²) in [5.74, 6) is 0. The monoisotopic (exact) mass is 265 g/mol. The van der Waals surface area contributed by atoms with E-state index in [2.05, 4.69) is 26.7 Å². The first-order valence-corrected chi connectivity index (χ1v) is 7.33. The van der Waals surface area contributed by atoms with Crippen molar-refractivity contribution in [3.05, 3.63) is 11.9 Å². The number of aromatic nitrogens is 3. The van der Waals surface area contributed by atoms with Crippen molar-refractivity contribution in [1.29, 1.82) is 0 Å². The van der Waals surface area contributed by atoms with Crippen molar-refractivity contribution in [3.8, 4) is 0 Å². The van der Waals surface area contributed by atoms with Crippen LogP contribution in [0.4, 0.5) is 0 Å². The highest BCUT2D eigenvalue weighted by Crippen LogP contribution is 2.18. The van der Waals surface area contributed by atoms with Crippen LogP contribution in [-0.4, -0.2) is 58.8 Å². The van der Waals surface area contributed by atoms with Gasteiger partial charge < -0.3 is 10.1 Å². The van der Waals surface area contributed by atoms with Crippen LogP contribution in [0.3, 0.4) is 0 Å². The Labute approximate surface area is 114 Å². The van der Waals surface area contributed by atoms with Crippen molar-refractivity contribution in [2.75, 3.05) is 32.8 Å². The van der Waals surface area contributed by atoms with Gasteiger partial charge in [0.15, 0.2) is 0 Å². The van der Waals surface area contributed by atoms with Crippen LogP contribution in [-0.2, 0) is 17.8 Å². The minimum absolute atomic E-state index is 0.724. The topological polar surface area (TPSA) is 55.2 Å². The van der Waals surface area contributed by atoms with Crippen LogP contribution < -0.4 is 5.32 Å². The summed E-state index contributed by atoms with van der Waals surface area (Å²) in [6.07, 6.45) is 5.81. The van der Waals surface area contributed by atoms with Crippen LogP contribution >= 0.6 is 0 Å². The Balaban J connectivity index is 1.41. The van der Waals surface area contributed by atoms with Gasteiger partial charge in [-0.2, -0.15) is 0 Å². The first-order valence-electron chi connectivity index (χ1n) is 7.33. The second-order valence-corrected chi connectivity index (χ2v) is 5.44. The molecule has 6 heteroatoms. The minimum atomic E-state index is 0.724. The van der Waals surface area contributed by atoms with Crippen molar-refractivity contribution in [2.45, 2.75) is 38.4 Å². The summed E-state index contributed by atoms with van der Waals surface area (Å²) >= 11 is 0. The molecule has 0 amide bonds. The van der Waals surface area contributed by atoms with Gasteiger partial charge in [0.05, 0.1) is 18.8 Å². The van der Waals surface area contributed by atoms with E-state index in [0.29, 0.717) is 0 Å². The molecule has 1 aromatic rings. The number of hydrogen-bond acceptors (Lipinski definition) is 5. The highest BCUT2D eigenvalue weighted by atomic mass is 16.5. The number of nitrogens with one attached hydrogen (secondary N) is 1. The maximum Gasteiger partial charge on any atom is 0.0964 e. The van der Waals surface area contributed by atoms with Gasteiger partial charge in [-0.15, -0.1) is 5.10 Å². The van der Waals surface area contributed by atoms with Gasteiger partial charge in [-0.1, -0.05) is 5.21 Å². The molecule has 1 saturated carbocycles. The van der Waals surface area contributed by atoms with Gasteiger partial charge in [-0.3, -0.25) is 9.58 Å². The Morgan fingerprint density at radius 3 is 3.11 bits per heavy atom. The number of nitrogens with zero attached hydrogens (tertiary/aromatic N) is 4. The average Bonchev–Trinajstić information content (AvgIpc) is 3.20. The molecule has 2 heterocycles. The SMILES string of the molecule is c1c(CNC2CC2)nnn1CCN1CCCOCC1. The second-order valence-electron chi connectivity index (χ2n) is 5.44. The Bertz CT molecular complexity index is 382. The van der Waals surface area contributed by atoms with Gasteiger partial charge in [-0.25, -0.2) is 0 Å². The lowest BCUT2D eigenvalue weighted by Gasteiger charge is -2.18. The van der Waals surface area contributed by atoms with Crippen molar-refractivity contribution in [1.82, 2.24) is 25.2 Å². The molecule has 0 atom stereocenters. The fourth-order valence-electron chi connectivity index (χ4n) is 2.33. The molecule has 2 aliphatic rings. The van der Waals surface area contributed by atoms with Gasteiger partial charge in [0.2, 0.25) is 0 Å². The molecule has 0 radical (unpaired) electrons. The first-order chi connectivity index (χ1) is 9.40. The zero-order valence-corrected chi connectivity index (χ0v) is 11.4. The maximum absolute atomic E-state index is 5.46. The zero-order chi connectivity index (χ0) is 12.9. The Morgan fingerprint density at radius 2 is 2.21 bits per heavy atom. The van der Waals surface area contributed by atoms with Gasteiger partial charge in [-0.05, 0) is 19.3 Å². The van der Waals surface area contributed by atoms with E-state index in [1.165, 1.54) is 12.8 Å². The summed E-state index contributed by atoms with van der Waals surface area (Å²) in [6, 6.07) is 0.724. The summed E-state index contributed by atoms with van der Waals surface area (Å²) < 4.78 is 7.41. The molecule has 3 rings (SSSR count). The van der Waals surface area contributed by atoms with E-state index in [4.69, 9.17) is 4.74 Å². The van der Waals surface area contributed by atoms with Crippen LogP contribution in [0.5, 0.6) is 0 Å². The third-order valence-electron chi connectivity index (χ3n) is 3.70. The first kappa shape index (κ1) is 13.0. The molecule has 1 aliphatic carbocycles. The van der Waals surface area contributed by atoms with Crippen LogP contribution in [0.1, 0.15) is 25.0 Å². The van der Waals surface area contributed by atoms with E-state index in [1.54, 1.807) is 0 Å². The minimum Gasteiger partial charge on any atom is -0.380 e. The molecule has 6 nitrogen and oxygen atoms in total. The highest BCUT2D eigenvalue weighted by molar-refractivity contribution is 4.94. The molecule has 0 aromatic carbocycles. The molecule has 106 valence electrons. The zero-order valence-electron chi connectivity index (χ0n) is 11.4. The molecule has 1 saturated heterocycles. The molecule has 2 fully saturated rings. The van der Waals surface area contributed by atoms with Gasteiger partial charge in [0.25, 0.3) is 0 Å². The van der Waals surface area contributed by atoms with Crippen molar-refractivity contribution < 1.29 is 4.74 Å². The van der Waals surface area contributed by atoms with Crippen LogP contribution in [0.2, 0.25) is 0 Å². The van der Waals surface area contributed by atoms with Crippen LogP contribution in [0.25, 0.3) is 0 Å². The van der Waals surface area contributed by atoms with Gasteiger partial charge in [0.1, 0.15) is 0 Å². The molecular formula is C13H23N5O. The molecular weight excluding hydrogens is 242 g/mol. The fourth-order valence-corrected chi connectivity index (χ4v) is 2.33. The third kappa shape index (κ3) is 4.26. The third-order valence-corrected chi connectivity index (χ3v) is 3.70. The van der Waals surface area contributed by atoms with Crippen molar-refractivity contribution in [2.24, 2.45) is 0 Å². The molecule has 0 bridgehead atoms. The average molecular weight is 265 g/mol. The van der Waals surface area contributed by atoms with Crippen molar-refractivity contribution in [3.63, 3.8) is 0 Å². The van der Waals surface area contributed by atoms with Crippen LogP contribution in [0, 0.1) is 0 Å². The molecule has 1 aliphatic heterocycles. The van der Waals surface area contributed by atoms with Crippen LogP contribution in [0.15, 0.2) is 6.20 Å². The van der Waals surface area contributed by atoms with E-state index >= 15 is 0 Å². The summed E-state index contributed by atoms with van der Waals surface area (Å²) in [7, 11) is 0. The summed E-state index contributed by atoms with van der Waals surface area (Å²) in [6.45, 7) is 6.71.